The van der Waals surface area contributed by atoms with E-state index in [4.69, 9.17) is 4.98 Å². The summed E-state index contributed by atoms with van der Waals surface area (Å²) in [7, 11) is 2.06. The molecule has 1 aliphatic heterocycles. The highest BCUT2D eigenvalue weighted by molar-refractivity contribution is 5.21. The Hall–Kier alpha value is -1.62. The van der Waals surface area contributed by atoms with Crippen LogP contribution in [0.25, 0.3) is 0 Å². The Kier molecular flexibility index (Phi) is 4.10. The van der Waals surface area contributed by atoms with Crippen molar-refractivity contribution in [2.24, 2.45) is 13.0 Å². The molecule has 0 spiro atoms. The molecule has 1 N–H and O–H groups in total. The average Bonchev–Trinajstić information content (AvgIpc) is 2.99. The summed E-state index contributed by atoms with van der Waals surface area (Å²) >= 11 is 0. The van der Waals surface area contributed by atoms with Crippen LogP contribution in [0.15, 0.2) is 12.4 Å². The second-order valence-electron chi connectivity index (χ2n) is 6.30. The van der Waals surface area contributed by atoms with Crippen molar-refractivity contribution in [2.75, 3.05) is 6.54 Å². The minimum absolute atomic E-state index is 0.633. The van der Waals surface area contributed by atoms with Crippen molar-refractivity contribution in [3.63, 3.8) is 0 Å². The Bertz CT molecular complexity index is 608. The first kappa shape index (κ1) is 14.3. The maximum Gasteiger partial charge on any atom is 0.110 e. The standard InChI is InChI=1S/C16H25N5/c1-12(2)10-16-19-13-11-17-6-4-14(13)21(16)8-5-15-18-7-9-20(15)3/h7,9,12,17H,4-6,8,10-11H2,1-3H3. The molecule has 0 radical (unpaired) electrons. The number of nitrogens with one attached hydrogen (secondary N) is 1. The van der Waals surface area contributed by atoms with E-state index in [0.717, 1.165) is 44.7 Å². The lowest BCUT2D eigenvalue weighted by Gasteiger charge is -2.16. The monoisotopic (exact) mass is 287 g/mol. The molecule has 0 aliphatic carbocycles. The largest absolute Gasteiger partial charge is 0.338 e. The number of fused-ring (bicyclic) bond motifs is 1. The first-order valence-corrected chi connectivity index (χ1v) is 7.89. The summed E-state index contributed by atoms with van der Waals surface area (Å²) in [5.74, 6) is 3.02. The summed E-state index contributed by atoms with van der Waals surface area (Å²) in [5, 5.41) is 3.42. The molecule has 3 heterocycles. The Balaban J connectivity index is 1.84. The summed E-state index contributed by atoms with van der Waals surface area (Å²) in [6.07, 6.45) is 6.98. The van der Waals surface area contributed by atoms with Crippen LogP contribution in [0.1, 0.15) is 36.9 Å². The molecule has 1 aliphatic rings. The molecule has 0 unspecified atom stereocenters. The topological polar surface area (TPSA) is 47.7 Å². The molecular weight excluding hydrogens is 262 g/mol. The zero-order chi connectivity index (χ0) is 14.8. The van der Waals surface area contributed by atoms with Crippen molar-refractivity contribution in [1.29, 1.82) is 0 Å². The molecule has 21 heavy (non-hydrogen) atoms. The van der Waals surface area contributed by atoms with E-state index in [-0.39, 0.29) is 0 Å². The summed E-state index contributed by atoms with van der Waals surface area (Å²) in [4.78, 5) is 9.32. The summed E-state index contributed by atoms with van der Waals surface area (Å²) in [6.45, 7) is 7.47. The maximum atomic E-state index is 4.89. The summed E-state index contributed by atoms with van der Waals surface area (Å²) < 4.78 is 4.55. The molecule has 114 valence electrons. The normalized spacial score (nSPS) is 14.7. The highest BCUT2D eigenvalue weighted by Crippen LogP contribution is 2.19. The van der Waals surface area contributed by atoms with Crippen LogP contribution in [0.2, 0.25) is 0 Å². The Morgan fingerprint density at radius 1 is 1.33 bits per heavy atom. The van der Waals surface area contributed by atoms with Gasteiger partial charge in [0, 0.05) is 64.0 Å². The van der Waals surface area contributed by atoms with Gasteiger partial charge >= 0.3 is 0 Å². The Morgan fingerprint density at radius 3 is 2.90 bits per heavy atom. The van der Waals surface area contributed by atoms with Gasteiger partial charge in [0.2, 0.25) is 0 Å². The van der Waals surface area contributed by atoms with Crippen LogP contribution in [-0.2, 0) is 39.4 Å². The SMILES string of the molecule is CC(C)Cc1nc2c(n1CCc1nccn1C)CCNC2. The van der Waals surface area contributed by atoms with Gasteiger partial charge in [-0.25, -0.2) is 9.97 Å². The molecule has 5 nitrogen and oxygen atoms in total. The molecule has 0 amide bonds. The van der Waals surface area contributed by atoms with Gasteiger partial charge in [-0.15, -0.1) is 0 Å². The van der Waals surface area contributed by atoms with Crippen molar-refractivity contribution in [3.05, 3.63) is 35.4 Å². The van der Waals surface area contributed by atoms with Crippen molar-refractivity contribution in [3.8, 4) is 0 Å². The number of hydrogen-bond donors (Lipinski definition) is 1. The van der Waals surface area contributed by atoms with E-state index in [2.05, 4.69) is 40.3 Å². The minimum atomic E-state index is 0.633. The molecule has 0 aromatic carbocycles. The lowest BCUT2D eigenvalue weighted by Crippen LogP contribution is -2.25. The molecule has 0 fully saturated rings. The van der Waals surface area contributed by atoms with Crippen LogP contribution in [0.5, 0.6) is 0 Å². The van der Waals surface area contributed by atoms with E-state index in [0.29, 0.717) is 5.92 Å². The van der Waals surface area contributed by atoms with E-state index in [9.17, 15) is 0 Å². The molecule has 3 rings (SSSR count). The maximum absolute atomic E-state index is 4.89. The second kappa shape index (κ2) is 6.02. The number of aryl methyl sites for hydroxylation is 2. The molecule has 0 bridgehead atoms. The molecule has 0 saturated heterocycles. The smallest absolute Gasteiger partial charge is 0.110 e. The lowest BCUT2D eigenvalue weighted by molar-refractivity contribution is 0.540. The third-order valence-electron chi connectivity index (χ3n) is 4.14. The molecule has 5 heteroatoms. The van der Waals surface area contributed by atoms with Gasteiger partial charge in [0.25, 0.3) is 0 Å². The van der Waals surface area contributed by atoms with Gasteiger partial charge in [0.05, 0.1) is 5.69 Å². The van der Waals surface area contributed by atoms with Crippen LogP contribution in [0.3, 0.4) is 0 Å². The molecule has 0 atom stereocenters. The van der Waals surface area contributed by atoms with Gasteiger partial charge in [-0.3, -0.25) is 0 Å². The molecule has 2 aromatic heterocycles. The van der Waals surface area contributed by atoms with E-state index < -0.39 is 0 Å². The number of hydrogen-bond acceptors (Lipinski definition) is 3. The quantitative estimate of drug-likeness (QED) is 0.910. The van der Waals surface area contributed by atoms with Crippen molar-refractivity contribution in [1.82, 2.24) is 24.4 Å². The summed E-state index contributed by atoms with van der Waals surface area (Å²) in [6, 6.07) is 0. The lowest BCUT2D eigenvalue weighted by atomic mass is 10.1. The van der Waals surface area contributed by atoms with Crippen LogP contribution in [0, 0.1) is 5.92 Å². The fourth-order valence-electron chi connectivity index (χ4n) is 3.06. The molecule has 0 saturated carbocycles. The number of aromatic nitrogens is 4. The predicted molar refractivity (Wildman–Crippen MR) is 83.1 cm³/mol. The van der Waals surface area contributed by atoms with Gasteiger partial charge in [0.1, 0.15) is 11.6 Å². The van der Waals surface area contributed by atoms with E-state index in [1.165, 1.54) is 17.2 Å². The van der Waals surface area contributed by atoms with E-state index >= 15 is 0 Å². The number of nitrogens with zero attached hydrogens (tertiary/aromatic N) is 4. The predicted octanol–water partition coefficient (Wildman–Crippen LogP) is 1.70. The third kappa shape index (κ3) is 3.02. The first-order valence-electron chi connectivity index (χ1n) is 7.89. The van der Waals surface area contributed by atoms with Crippen LogP contribution in [0.4, 0.5) is 0 Å². The van der Waals surface area contributed by atoms with Crippen molar-refractivity contribution >= 4 is 0 Å². The van der Waals surface area contributed by atoms with E-state index in [1.54, 1.807) is 0 Å². The second-order valence-corrected chi connectivity index (χ2v) is 6.30. The highest BCUT2D eigenvalue weighted by atomic mass is 15.1. The van der Waals surface area contributed by atoms with Gasteiger partial charge < -0.3 is 14.5 Å². The fourth-order valence-corrected chi connectivity index (χ4v) is 3.06. The van der Waals surface area contributed by atoms with Gasteiger partial charge in [-0.05, 0) is 5.92 Å². The Morgan fingerprint density at radius 2 is 2.19 bits per heavy atom. The van der Waals surface area contributed by atoms with Crippen LogP contribution in [-0.4, -0.2) is 25.6 Å². The first-order chi connectivity index (χ1) is 10.1. The molecule has 2 aromatic rings. The minimum Gasteiger partial charge on any atom is -0.338 e. The number of imidazole rings is 2. The fraction of sp³-hybridized carbons (Fsp3) is 0.625. The zero-order valence-electron chi connectivity index (χ0n) is 13.3. The highest BCUT2D eigenvalue weighted by Gasteiger charge is 2.20. The summed E-state index contributed by atoms with van der Waals surface area (Å²) in [5.41, 5.74) is 2.68. The average molecular weight is 287 g/mol. The van der Waals surface area contributed by atoms with Gasteiger partial charge in [0.15, 0.2) is 0 Å². The van der Waals surface area contributed by atoms with Gasteiger partial charge in [-0.2, -0.15) is 0 Å². The zero-order valence-corrected chi connectivity index (χ0v) is 13.3. The third-order valence-corrected chi connectivity index (χ3v) is 4.14. The van der Waals surface area contributed by atoms with Crippen LogP contribution < -0.4 is 5.32 Å². The van der Waals surface area contributed by atoms with Gasteiger partial charge in [-0.1, -0.05) is 13.8 Å². The van der Waals surface area contributed by atoms with Crippen molar-refractivity contribution < 1.29 is 0 Å². The number of rotatable bonds is 5. The van der Waals surface area contributed by atoms with Crippen LogP contribution >= 0.6 is 0 Å². The van der Waals surface area contributed by atoms with E-state index in [1.807, 2.05) is 12.4 Å². The molecular formula is C16H25N5. The Labute approximate surface area is 126 Å². The van der Waals surface area contributed by atoms with Crippen molar-refractivity contribution in [2.45, 2.75) is 46.2 Å².